The smallest absolute Gasteiger partial charge is 0.238 e. The minimum absolute atomic E-state index is 0.00223. The summed E-state index contributed by atoms with van der Waals surface area (Å²) in [4.78, 5) is 24.6. The van der Waals surface area contributed by atoms with Crippen LogP contribution in [0.2, 0.25) is 5.28 Å². The lowest BCUT2D eigenvalue weighted by Crippen LogP contribution is -2.27. The van der Waals surface area contributed by atoms with E-state index in [0.29, 0.717) is 13.0 Å². The quantitative estimate of drug-likeness (QED) is 0.819. The summed E-state index contributed by atoms with van der Waals surface area (Å²) < 4.78 is 0. The van der Waals surface area contributed by atoms with E-state index in [1.54, 1.807) is 0 Å². The Labute approximate surface area is 105 Å². The number of halogens is 2. The van der Waals surface area contributed by atoms with Gasteiger partial charge >= 0.3 is 0 Å². The molecule has 8 heteroatoms. The molecular weight excluding hydrogens is 297 g/mol. The van der Waals surface area contributed by atoms with E-state index in [4.69, 9.17) is 17.3 Å². The van der Waals surface area contributed by atoms with Crippen LogP contribution in [0, 0.1) is 5.92 Å². The molecule has 2 rings (SSSR count). The van der Waals surface area contributed by atoms with E-state index in [-0.39, 0.29) is 29.0 Å². The standard InChI is InChI=1S/C8H9BrClN5O/c9-2-4-1-5(16)15(3-4)8-13-6(10)12-7(11)14-8/h4H,1-3H2,(H2,11,12,13,14). The lowest BCUT2D eigenvalue weighted by molar-refractivity contribution is -0.117. The lowest BCUT2D eigenvalue weighted by Gasteiger charge is -2.13. The van der Waals surface area contributed by atoms with Crippen molar-refractivity contribution in [2.75, 3.05) is 22.5 Å². The molecule has 1 fully saturated rings. The van der Waals surface area contributed by atoms with Crippen LogP contribution in [0.15, 0.2) is 0 Å². The third-order valence-electron chi connectivity index (χ3n) is 2.28. The fourth-order valence-electron chi connectivity index (χ4n) is 1.55. The second-order valence-electron chi connectivity index (χ2n) is 3.49. The maximum absolute atomic E-state index is 11.7. The molecule has 2 N–H and O–H groups in total. The van der Waals surface area contributed by atoms with Crippen molar-refractivity contribution in [3.63, 3.8) is 0 Å². The third-order valence-corrected chi connectivity index (χ3v) is 3.36. The number of nitrogens with two attached hydrogens (primary N) is 1. The molecule has 0 aromatic carbocycles. The Hall–Kier alpha value is -0.950. The molecule has 1 aliphatic heterocycles. The first-order chi connectivity index (χ1) is 7.60. The molecule has 1 saturated heterocycles. The van der Waals surface area contributed by atoms with Crippen LogP contribution in [0.25, 0.3) is 0 Å². The Morgan fingerprint density at radius 1 is 1.50 bits per heavy atom. The van der Waals surface area contributed by atoms with Crippen molar-refractivity contribution in [1.29, 1.82) is 0 Å². The van der Waals surface area contributed by atoms with Crippen LogP contribution in [0.1, 0.15) is 6.42 Å². The molecule has 0 spiro atoms. The van der Waals surface area contributed by atoms with E-state index in [2.05, 4.69) is 30.9 Å². The van der Waals surface area contributed by atoms with Crippen molar-refractivity contribution >= 4 is 45.3 Å². The first-order valence-corrected chi connectivity index (χ1v) is 6.13. The number of nitrogens with zero attached hydrogens (tertiary/aromatic N) is 4. The highest BCUT2D eigenvalue weighted by Gasteiger charge is 2.31. The first kappa shape index (κ1) is 11.5. The lowest BCUT2D eigenvalue weighted by atomic mass is 10.2. The van der Waals surface area contributed by atoms with Crippen LogP contribution in [0.4, 0.5) is 11.9 Å². The zero-order valence-electron chi connectivity index (χ0n) is 8.23. The molecule has 0 aliphatic carbocycles. The number of nitrogen functional groups attached to an aromatic ring is 1. The van der Waals surface area contributed by atoms with E-state index >= 15 is 0 Å². The third kappa shape index (κ3) is 2.25. The summed E-state index contributed by atoms with van der Waals surface area (Å²) in [6.07, 6.45) is 0.481. The van der Waals surface area contributed by atoms with E-state index < -0.39 is 0 Å². The molecule has 1 aromatic heterocycles. The molecule has 86 valence electrons. The predicted octanol–water partition coefficient (Wildman–Crippen LogP) is 0.855. The minimum atomic E-state index is -0.0221. The molecule has 2 heterocycles. The second kappa shape index (κ2) is 4.50. The number of rotatable bonds is 2. The van der Waals surface area contributed by atoms with Gasteiger partial charge in [-0.3, -0.25) is 9.69 Å². The predicted molar refractivity (Wildman–Crippen MR) is 63.5 cm³/mol. The molecule has 6 nitrogen and oxygen atoms in total. The van der Waals surface area contributed by atoms with Gasteiger partial charge in [0.05, 0.1) is 0 Å². The Morgan fingerprint density at radius 2 is 2.25 bits per heavy atom. The fraction of sp³-hybridized carbons (Fsp3) is 0.500. The molecule has 16 heavy (non-hydrogen) atoms. The topological polar surface area (TPSA) is 85.0 Å². The van der Waals surface area contributed by atoms with E-state index in [0.717, 1.165) is 5.33 Å². The fourth-order valence-corrected chi connectivity index (χ4v) is 2.15. The number of anilines is 2. The van der Waals surface area contributed by atoms with Crippen LogP contribution >= 0.6 is 27.5 Å². The Morgan fingerprint density at radius 3 is 2.81 bits per heavy atom. The van der Waals surface area contributed by atoms with Crippen LogP contribution < -0.4 is 10.6 Å². The highest BCUT2D eigenvalue weighted by molar-refractivity contribution is 9.09. The highest BCUT2D eigenvalue weighted by Crippen LogP contribution is 2.24. The summed E-state index contributed by atoms with van der Waals surface area (Å²) >= 11 is 9.01. The van der Waals surface area contributed by atoms with Gasteiger partial charge < -0.3 is 5.73 Å². The van der Waals surface area contributed by atoms with Crippen LogP contribution in [-0.4, -0.2) is 32.7 Å². The van der Waals surface area contributed by atoms with E-state index in [9.17, 15) is 4.79 Å². The monoisotopic (exact) mass is 305 g/mol. The number of carbonyl (C=O) groups excluding carboxylic acids is 1. The zero-order valence-corrected chi connectivity index (χ0v) is 10.6. The molecular formula is C8H9BrClN5O. The summed E-state index contributed by atoms with van der Waals surface area (Å²) in [5.41, 5.74) is 5.45. The molecule has 1 atom stereocenters. The van der Waals surface area contributed by atoms with Gasteiger partial charge in [-0.1, -0.05) is 15.9 Å². The van der Waals surface area contributed by atoms with Gasteiger partial charge in [0, 0.05) is 18.3 Å². The van der Waals surface area contributed by atoms with E-state index in [1.807, 2.05) is 0 Å². The van der Waals surface area contributed by atoms with Gasteiger partial charge in [0.1, 0.15) is 0 Å². The highest BCUT2D eigenvalue weighted by atomic mass is 79.9. The molecule has 0 saturated carbocycles. The van der Waals surface area contributed by atoms with Crippen molar-refractivity contribution in [1.82, 2.24) is 15.0 Å². The summed E-state index contributed by atoms with van der Waals surface area (Å²) in [7, 11) is 0. The van der Waals surface area contributed by atoms with Crippen LogP contribution in [-0.2, 0) is 4.79 Å². The summed E-state index contributed by atoms with van der Waals surface area (Å²) in [5.74, 6) is 0.492. The normalized spacial score (nSPS) is 20.5. The number of alkyl halides is 1. The second-order valence-corrected chi connectivity index (χ2v) is 4.48. The minimum Gasteiger partial charge on any atom is -0.368 e. The molecule has 1 amide bonds. The van der Waals surface area contributed by atoms with Gasteiger partial charge in [-0.2, -0.15) is 15.0 Å². The van der Waals surface area contributed by atoms with Crippen molar-refractivity contribution < 1.29 is 4.79 Å². The van der Waals surface area contributed by atoms with Crippen molar-refractivity contribution in [3.8, 4) is 0 Å². The van der Waals surface area contributed by atoms with Crippen LogP contribution in [0.3, 0.4) is 0 Å². The first-order valence-electron chi connectivity index (χ1n) is 4.63. The van der Waals surface area contributed by atoms with Crippen molar-refractivity contribution in [2.24, 2.45) is 5.92 Å². The Kier molecular flexibility index (Phi) is 3.25. The van der Waals surface area contributed by atoms with Crippen LogP contribution in [0.5, 0.6) is 0 Å². The number of carbonyl (C=O) groups is 1. The average molecular weight is 307 g/mol. The van der Waals surface area contributed by atoms with Crippen molar-refractivity contribution in [3.05, 3.63) is 5.28 Å². The maximum atomic E-state index is 11.7. The molecule has 0 radical (unpaired) electrons. The van der Waals surface area contributed by atoms with Crippen molar-refractivity contribution in [2.45, 2.75) is 6.42 Å². The number of amides is 1. The summed E-state index contributed by atoms with van der Waals surface area (Å²) in [5, 5.41) is 0.765. The summed E-state index contributed by atoms with van der Waals surface area (Å²) in [6.45, 7) is 0.573. The molecule has 1 unspecified atom stereocenters. The van der Waals surface area contributed by atoms with Gasteiger partial charge in [0.25, 0.3) is 0 Å². The van der Waals surface area contributed by atoms with Gasteiger partial charge in [-0.25, -0.2) is 0 Å². The van der Waals surface area contributed by atoms with Gasteiger partial charge in [0.15, 0.2) is 0 Å². The largest absolute Gasteiger partial charge is 0.368 e. The molecule has 1 aromatic rings. The number of aromatic nitrogens is 3. The van der Waals surface area contributed by atoms with E-state index in [1.165, 1.54) is 4.90 Å². The molecule has 1 aliphatic rings. The Bertz CT molecular complexity index is 409. The number of hydrogen-bond donors (Lipinski definition) is 1. The Balaban J connectivity index is 2.27. The SMILES string of the molecule is Nc1nc(Cl)nc(N2CC(CBr)CC2=O)n1. The van der Waals surface area contributed by atoms with Gasteiger partial charge in [-0.15, -0.1) is 0 Å². The molecule has 0 bridgehead atoms. The summed E-state index contributed by atoms with van der Waals surface area (Å²) in [6, 6.07) is 0. The van der Waals surface area contributed by atoms with Gasteiger partial charge in [0.2, 0.25) is 23.1 Å². The maximum Gasteiger partial charge on any atom is 0.238 e. The zero-order chi connectivity index (χ0) is 11.7. The van der Waals surface area contributed by atoms with Gasteiger partial charge in [-0.05, 0) is 17.5 Å². The average Bonchev–Trinajstić information content (AvgIpc) is 2.58. The number of hydrogen-bond acceptors (Lipinski definition) is 5.